The van der Waals surface area contributed by atoms with Crippen LogP contribution in [0.15, 0.2) is 4.99 Å². The van der Waals surface area contributed by atoms with Gasteiger partial charge in [-0.2, -0.15) is 0 Å². The third kappa shape index (κ3) is 6.52. The summed E-state index contributed by atoms with van der Waals surface area (Å²) < 4.78 is 5.53. The number of aliphatic hydroxyl groups is 3. The molecule has 0 bridgehead atoms. The van der Waals surface area contributed by atoms with Gasteiger partial charge in [0.2, 0.25) is 11.8 Å². The second-order valence-corrected chi connectivity index (χ2v) is 6.79. The summed E-state index contributed by atoms with van der Waals surface area (Å²) in [4.78, 5) is 39.1. The summed E-state index contributed by atoms with van der Waals surface area (Å²) in [5.41, 5.74) is 10.9. The highest BCUT2D eigenvalue weighted by atomic mass is 16.5. The number of carbonyl (C=O) groups excluding carboxylic acids is 2. The SMILES string of the molecule is CNC(=O)CO[C@H]1[C@@H]([C@H](NC(C)=O)[C@@H](O)[C@@H](O)CO)[C@H](N=C(N)N)C[C@@H]1C(=O)O. The highest BCUT2D eigenvalue weighted by Gasteiger charge is 2.53. The van der Waals surface area contributed by atoms with Gasteiger partial charge in [-0.05, 0) is 6.42 Å². The van der Waals surface area contributed by atoms with E-state index in [1.165, 1.54) is 7.05 Å². The topological polar surface area (TPSA) is 230 Å². The Hall–Kier alpha value is -2.48. The molecule has 13 heteroatoms. The average Bonchev–Trinajstić information content (AvgIpc) is 3.00. The Bertz CT molecular complexity index is 626. The number of hydrogen-bond donors (Lipinski definition) is 8. The summed E-state index contributed by atoms with van der Waals surface area (Å²) in [5, 5.41) is 44.0. The first-order valence-corrected chi connectivity index (χ1v) is 8.91. The zero-order valence-electron chi connectivity index (χ0n) is 16.2. The molecule has 0 radical (unpaired) electrons. The first kappa shape index (κ1) is 24.6. The lowest BCUT2D eigenvalue weighted by atomic mass is 9.85. The van der Waals surface area contributed by atoms with Gasteiger partial charge in [0.15, 0.2) is 5.96 Å². The first-order chi connectivity index (χ1) is 13.5. The van der Waals surface area contributed by atoms with Crippen molar-refractivity contribution in [3.8, 4) is 0 Å². The van der Waals surface area contributed by atoms with Gasteiger partial charge in [0, 0.05) is 19.9 Å². The largest absolute Gasteiger partial charge is 0.481 e. The molecular formula is C16H29N5O8. The number of carboxylic acids is 1. The van der Waals surface area contributed by atoms with E-state index < -0.39 is 73.2 Å². The Balaban J connectivity index is 3.41. The maximum Gasteiger partial charge on any atom is 0.309 e. The number of nitrogens with two attached hydrogens (primary N) is 2. The molecule has 13 nitrogen and oxygen atoms in total. The summed E-state index contributed by atoms with van der Waals surface area (Å²) >= 11 is 0. The van der Waals surface area contributed by atoms with Gasteiger partial charge in [-0.25, -0.2) is 4.99 Å². The zero-order chi connectivity index (χ0) is 22.3. The number of carboxylic acid groups (broad SMARTS) is 1. The molecule has 29 heavy (non-hydrogen) atoms. The van der Waals surface area contributed by atoms with Crippen molar-refractivity contribution in [2.75, 3.05) is 20.3 Å². The van der Waals surface area contributed by atoms with Crippen LogP contribution in [0.4, 0.5) is 0 Å². The van der Waals surface area contributed by atoms with Crippen molar-refractivity contribution in [3.05, 3.63) is 0 Å². The van der Waals surface area contributed by atoms with Gasteiger partial charge in [0.1, 0.15) is 18.8 Å². The third-order valence-corrected chi connectivity index (χ3v) is 4.77. The molecule has 7 atom stereocenters. The van der Waals surface area contributed by atoms with Crippen LogP contribution in [0.25, 0.3) is 0 Å². The average molecular weight is 419 g/mol. The Morgan fingerprint density at radius 2 is 1.90 bits per heavy atom. The summed E-state index contributed by atoms with van der Waals surface area (Å²) in [6, 6.07) is -2.19. The molecule has 1 rings (SSSR count). The van der Waals surface area contributed by atoms with E-state index in [-0.39, 0.29) is 12.4 Å². The number of aliphatic hydroxyl groups excluding tert-OH is 3. The maximum absolute atomic E-state index is 11.8. The van der Waals surface area contributed by atoms with Crippen molar-refractivity contribution >= 4 is 23.7 Å². The fraction of sp³-hybridized carbons (Fsp3) is 0.750. The van der Waals surface area contributed by atoms with E-state index in [0.717, 1.165) is 6.92 Å². The lowest BCUT2D eigenvalue weighted by Crippen LogP contribution is -2.57. The predicted octanol–water partition coefficient (Wildman–Crippen LogP) is -4.30. The Morgan fingerprint density at radius 1 is 1.28 bits per heavy atom. The van der Waals surface area contributed by atoms with Crippen molar-refractivity contribution in [1.82, 2.24) is 10.6 Å². The molecule has 166 valence electrons. The normalized spacial score (nSPS) is 26.8. The molecule has 0 aromatic rings. The molecule has 0 heterocycles. The minimum Gasteiger partial charge on any atom is -0.481 e. The van der Waals surface area contributed by atoms with E-state index in [9.17, 15) is 34.8 Å². The lowest BCUT2D eigenvalue weighted by Gasteiger charge is -2.36. The molecule has 10 N–H and O–H groups in total. The van der Waals surface area contributed by atoms with Crippen LogP contribution in [0.3, 0.4) is 0 Å². The van der Waals surface area contributed by atoms with Crippen LogP contribution in [-0.4, -0.2) is 94.8 Å². The fourth-order valence-corrected chi connectivity index (χ4v) is 3.52. The Kier molecular flexibility index (Phi) is 9.23. The lowest BCUT2D eigenvalue weighted by molar-refractivity contribution is -0.150. The van der Waals surface area contributed by atoms with Crippen molar-refractivity contribution in [3.63, 3.8) is 0 Å². The number of carbonyl (C=O) groups is 3. The van der Waals surface area contributed by atoms with Crippen LogP contribution < -0.4 is 22.1 Å². The van der Waals surface area contributed by atoms with E-state index >= 15 is 0 Å². The summed E-state index contributed by atoms with van der Waals surface area (Å²) in [6.07, 6.45) is -4.62. The van der Waals surface area contributed by atoms with Crippen LogP contribution in [0, 0.1) is 11.8 Å². The standard InChI is InChI=1S/C16H29N5O8/c1-6(23)20-12(13(26)9(24)4-22)11-8(21-16(17)18)3-7(15(27)28)14(11)29-5-10(25)19-2/h7-9,11-14,22,24,26H,3-5H2,1-2H3,(H,19,25)(H,20,23)(H,27,28)(H4,17,18,21)/t7-,8+,9-,11+,12-,13-,14+/m0/s1. The first-order valence-electron chi connectivity index (χ1n) is 8.91. The van der Waals surface area contributed by atoms with Crippen molar-refractivity contribution < 1.29 is 39.5 Å². The molecule has 1 aliphatic rings. The fourth-order valence-electron chi connectivity index (χ4n) is 3.52. The van der Waals surface area contributed by atoms with Crippen LogP contribution in [0.1, 0.15) is 13.3 Å². The van der Waals surface area contributed by atoms with Crippen molar-refractivity contribution in [1.29, 1.82) is 0 Å². The van der Waals surface area contributed by atoms with Crippen LogP contribution in [0.5, 0.6) is 0 Å². The van der Waals surface area contributed by atoms with E-state index in [1.807, 2.05) is 0 Å². The Morgan fingerprint density at radius 3 is 2.34 bits per heavy atom. The molecule has 0 aliphatic heterocycles. The Labute approximate surface area is 167 Å². The highest BCUT2D eigenvalue weighted by molar-refractivity contribution is 5.78. The number of hydrogen-bond acceptors (Lipinski definition) is 8. The number of aliphatic carboxylic acids is 1. The number of nitrogens with zero attached hydrogens (tertiary/aromatic N) is 1. The van der Waals surface area contributed by atoms with Crippen LogP contribution in [0.2, 0.25) is 0 Å². The molecule has 2 amide bonds. The number of rotatable bonds is 10. The van der Waals surface area contributed by atoms with Gasteiger partial charge in [-0.3, -0.25) is 14.4 Å². The number of nitrogens with one attached hydrogen (secondary N) is 2. The monoisotopic (exact) mass is 419 g/mol. The summed E-state index contributed by atoms with van der Waals surface area (Å²) in [5.74, 6) is -4.90. The molecule has 0 aromatic carbocycles. The van der Waals surface area contributed by atoms with Crippen LogP contribution in [-0.2, 0) is 19.1 Å². The van der Waals surface area contributed by atoms with E-state index in [2.05, 4.69) is 15.6 Å². The number of amides is 2. The van der Waals surface area contributed by atoms with Gasteiger partial charge < -0.3 is 47.3 Å². The second kappa shape index (κ2) is 10.9. The third-order valence-electron chi connectivity index (χ3n) is 4.77. The van der Waals surface area contributed by atoms with E-state index in [1.54, 1.807) is 0 Å². The van der Waals surface area contributed by atoms with Crippen molar-refractivity contribution in [2.45, 2.75) is 43.7 Å². The number of likely N-dealkylation sites (N-methyl/N-ethyl adjacent to an activating group) is 1. The van der Waals surface area contributed by atoms with Gasteiger partial charge in [-0.15, -0.1) is 0 Å². The van der Waals surface area contributed by atoms with Crippen LogP contribution >= 0.6 is 0 Å². The van der Waals surface area contributed by atoms with Crippen molar-refractivity contribution in [2.24, 2.45) is 28.3 Å². The summed E-state index contributed by atoms with van der Waals surface area (Å²) in [7, 11) is 1.37. The molecule has 0 aromatic heterocycles. The molecule has 0 unspecified atom stereocenters. The predicted molar refractivity (Wildman–Crippen MR) is 99.3 cm³/mol. The molecule has 0 spiro atoms. The maximum atomic E-state index is 11.8. The molecule has 1 aliphatic carbocycles. The van der Waals surface area contributed by atoms with Gasteiger partial charge in [-0.1, -0.05) is 0 Å². The minimum atomic E-state index is -1.69. The van der Waals surface area contributed by atoms with E-state index in [0.29, 0.717) is 0 Å². The van der Waals surface area contributed by atoms with Gasteiger partial charge in [0.25, 0.3) is 0 Å². The molecular weight excluding hydrogens is 390 g/mol. The number of ether oxygens (including phenoxy) is 1. The molecule has 0 saturated heterocycles. The highest BCUT2D eigenvalue weighted by Crippen LogP contribution is 2.39. The smallest absolute Gasteiger partial charge is 0.309 e. The zero-order valence-corrected chi connectivity index (χ0v) is 16.2. The minimum absolute atomic E-state index is 0.103. The second-order valence-electron chi connectivity index (χ2n) is 6.79. The number of aliphatic imine (C=N–C) groups is 1. The number of guanidine groups is 1. The molecule has 1 fully saturated rings. The van der Waals surface area contributed by atoms with Gasteiger partial charge >= 0.3 is 5.97 Å². The molecule has 1 saturated carbocycles. The quantitative estimate of drug-likeness (QED) is 0.125. The van der Waals surface area contributed by atoms with E-state index in [4.69, 9.17) is 16.2 Å². The summed E-state index contributed by atoms with van der Waals surface area (Å²) in [6.45, 7) is -0.144. The van der Waals surface area contributed by atoms with Gasteiger partial charge in [0.05, 0.1) is 30.7 Å².